The van der Waals surface area contributed by atoms with Crippen molar-refractivity contribution in [3.05, 3.63) is 32.8 Å². The Labute approximate surface area is 85.2 Å². The predicted octanol–water partition coefficient (Wildman–Crippen LogP) is 3.85. The van der Waals surface area contributed by atoms with Crippen molar-refractivity contribution in [3.63, 3.8) is 0 Å². The van der Waals surface area contributed by atoms with Gasteiger partial charge in [0.15, 0.2) is 5.78 Å². The van der Waals surface area contributed by atoms with Crippen molar-refractivity contribution in [2.24, 2.45) is 0 Å². The van der Waals surface area contributed by atoms with Crippen molar-refractivity contribution < 1.29 is 4.79 Å². The highest BCUT2D eigenvalue weighted by Gasteiger charge is 2.12. The number of carbonyl (C=O) groups excluding carboxylic acids is 1. The highest BCUT2D eigenvalue weighted by molar-refractivity contribution is 6.46. The first-order valence-electron chi connectivity index (χ1n) is 3.18. The fraction of sp³-hybridized carbons (Fsp3) is 0.125. The Bertz CT molecular complexity index is 333. The van der Waals surface area contributed by atoms with Crippen LogP contribution in [0, 0.1) is 0 Å². The second-order valence-electron chi connectivity index (χ2n) is 2.27. The van der Waals surface area contributed by atoms with Gasteiger partial charge in [-0.15, -0.1) is 0 Å². The lowest BCUT2D eigenvalue weighted by Crippen LogP contribution is -1.94. The van der Waals surface area contributed by atoms with Crippen molar-refractivity contribution in [1.82, 2.24) is 0 Å². The third-order valence-corrected chi connectivity index (χ3v) is 2.52. The predicted molar refractivity (Wildman–Crippen MR) is 51.5 cm³/mol. The molecule has 0 bridgehead atoms. The Balaban J connectivity index is 3.43. The molecule has 0 saturated heterocycles. The zero-order valence-corrected chi connectivity index (χ0v) is 8.46. The van der Waals surface area contributed by atoms with Crippen molar-refractivity contribution in [2.75, 3.05) is 0 Å². The average molecular weight is 223 g/mol. The lowest BCUT2D eigenvalue weighted by Gasteiger charge is -2.03. The molecule has 1 rings (SSSR count). The maximum atomic E-state index is 11.0. The number of halogens is 3. The maximum Gasteiger partial charge on any atom is 0.162 e. The number of hydrogen-bond acceptors (Lipinski definition) is 1. The van der Waals surface area contributed by atoms with Gasteiger partial charge in [-0.05, 0) is 19.1 Å². The van der Waals surface area contributed by atoms with E-state index in [1.807, 2.05) is 0 Å². The molecule has 4 heteroatoms. The van der Waals surface area contributed by atoms with Crippen LogP contribution >= 0.6 is 34.8 Å². The number of benzene rings is 1. The van der Waals surface area contributed by atoms with Crippen LogP contribution in [0.5, 0.6) is 0 Å². The number of carbonyl (C=O) groups is 1. The van der Waals surface area contributed by atoms with Gasteiger partial charge in [0.05, 0.1) is 20.6 Å². The van der Waals surface area contributed by atoms with Gasteiger partial charge in [0.25, 0.3) is 0 Å². The molecule has 0 spiro atoms. The molecule has 0 aliphatic rings. The average Bonchev–Trinajstić information content (AvgIpc) is 1.97. The minimum atomic E-state index is -0.187. The molecule has 0 saturated carbocycles. The van der Waals surface area contributed by atoms with Crippen molar-refractivity contribution in [1.29, 1.82) is 0 Å². The van der Waals surface area contributed by atoms with Gasteiger partial charge in [-0.3, -0.25) is 4.79 Å². The fourth-order valence-corrected chi connectivity index (χ4v) is 1.64. The molecular formula is C8H5Cl3O. The van der Waals surface area contributed by atoms with Crippen molar-refractivity contribution in [3.8, 4) is 0 Å². The first kappa shape index (κ1) is 9.85. The Morgan fingerprint density at radius 3 is 2.08 bits per heavy atom. The zero-order chi connectivity index (χ0) is 9.30. The van der Waals surface area contributed by atoms with Crippen LogP contribution < -0.4 is 0 Å². The highest BCUT2D eigenvalue weighted by Crippen LogP contribution is 2.31. The van der Waals surface area contributed by atoms with Gasteiger partial charge in [-0.1, -0.05) is 34.8 Å². The molecule has 0 unspecified atom stereocenters. The molecule has 0 fully saturated rings. The molecule has 0 amide bonds. The van der Waals surface area contributed by atoms with E-state index in [-0.39, 0.29) is 16.4 Å². The van der Waals surface area contributed by atoms with E-state index in [0.717, 1.165) is 0 Å². The Morgan fingerprint density at radius 1 is 1.17 bits per heavy atom. The van der Waals surface area contributed by atoms with Crippen LogP contribution in [-0.2, 0) is 0 Å². The van der Waals surface area contributed by atoms with Gasteiger partial charge in [0.2, 0.25) is 0 Å². The summed E-state index contributed by atoms with van der Waals surface area (Å²) in [7, 11) is 0. The Hall–Kier alpha value is -0.240. The summed E-state index contributed by atoms with van der Waals surface area (Å²) >= 11 is 17.2. The first-order chi connectivity index (χ1) is 5.54. The van der Waals surface area contributed by atoms with Gasteiger partial charge in [0, 0.05) is 0 Å². The number of rotatable bonds is 1. The molecule has 0 N–H and O–H groups in total. The molecule has 64 valence electrons. The molecular weight excluding hydrogens is 218 g/mol. The molecule has 0 aromatic heterocycles. The lowest BCUT2D eigenvalue weighted by atomic mass is 10.1. The first-order valence-corrected chi connectivity index (χ1v) is 4.32. The van der Waals surface area contributed by atoms with E-state index in [2.05, 4.69) is 0 Å². The van der Waals surface area contributed by atoms with Crippen molar-refractivity contribution >= 4 is 40.6 Å². The van der Waals surface area contributed by atoms with Crippen LogP contribution in [0.15, 0.2) is 12.1 Å². The summed E-state index contributed by atoms with van der Waals surface area (Å²) in [4.78, 5) is 11.0. The SMILES string of the molecule is CC(=O)c1c(Cl)ccc(Cl)c1Cl. The lowest BCUT2D eigenvalue weighted by molar-refractivity contribution is 0.101. The number of Topliss-reactive ketones (excluding diaryl/α,β-unsaturated/α-hetero) is 1. The molecule has 0 aliphatic carbocycles. The monoisotopic (exact) mass is 222 g/mol. The van der Waals surface area contributed by atoms with E-state index in [4.69, 9.17) is 34.8 Å². The summed E-state index contributed by atoms with van der Waals surface area (Å²) in [5.41, 5.74) is 0.283. The third-order valence-electron chi connectivity index (χ3n) is 1.40. The summed E-state index contributed by atoms with van der Waals surface area (Å²) in [6.45, 7) is 1.39. The fourth-order valence-electron chi connectivity index (χ4n) is 0.850. The summed E-state index contributed by atoms with van der Waals surface area (Å²) in [6, 6.07) is 3.10. The standard InChI is InChI=1S/C8H5Cl3O/c1-4(12)7-5(9)2-3-6(10)8(7)11/h2-3H,1H3. The minimum Gasteiger partial charge on any atom is -0.294 e. The van der Waals surface area contributed by atoms with Gasteiger partial charge < -0.3 is 0 Å². The second kappa shape index (κ2) is 3.65. The van der Waals surface area contributed by atoms with Gasteiger partial charge in [0.1, 0.15) is 0 Å². The molecule has 0 radical (unpaired) electrons. The van der Waals surface area contributed by atoms with Crippen LogP contribution in [-0.4, -0.2) is 5.78 Å². The quantitative estimate of drug-likeness (QED) is 0.522. The summed E-state index contributed by atoms with van der Waals surface area (Å²) in [6.07, 6.45) is 0. The van der Waals surface area contributed by atoms with Crippen LogP contribution in [0.3, 0.4) is 0 Å². The number of hydrogen-bond donors (Lipinski definition) is 0. The molecule has 1 aromatic rings. The van der Waals surface area contributed by atoms with E-state index in [1.165, 1.54) is 6.92 Å². The molecule has 1 aromatic carbocycles. The minimum absolute atomic E-state index is 0.187. The molecule has 1 nitrogen and oxygen atoms in total. The zero-order valence-electron chi connectivity index (χ0n) is 6.20. The molecule has 0 heterocycles. The molecule has 12 heavy (non-hydrogen) atoms. The Kier molecular flexibility index (Phi) is 2.99. The Morgan fingerprint density at radius 2 is 1.67 bits per heavy atom. The topological polar surface area (TPSA) is 17.1 Å². The van der Waals surface area contributed by atoms with Gasteiger partial charge >= 0.3 is 0 Å². The van der Waals surface area contributed by atoms with E-state index in [1.54, 1.807) is 12.1 Å². The summed E-state index contributed by atoms with van der Waals surface area (Å²) in [5, 5.41) is 0.889. The van der Waals surface area contributed by atoms with Gasteiger partial charge in [-0.2, -0.15) is 0 Å². The third kappa shape index (κ3) is 1.74. The maximum absolute atomic E-state index is 11.0. The molecule has 0 atom stereocenters. The van der Waals surface area contributed by atoms with E-state index < -0.39 is 0 Å². The molecule has 0 aliphatic heterocycles. The summed E-state index contributed by atoms with van der Waals surface area (Å²) < 4.78 is 0. The van der Waals surface area contributed by atoms with Crippen molar-refractivity contribution in [2.45, 2.75) is 6.92 Å². The van der Waals surface area contributed by atoms with Crippen LogP contribution in [0.2, 0.25) is 15.1 Å². The summed E-state index contributed by atoms with van der Waals surface area (Å²) in [5.74, 6) is -0.187. The van der Waals surface area contributed by atoms with Crippen LogP contribution in [0.25, 0.3) is 0 Å². The smallest absolute Gasteiger partial charge is 0.162 e. The van der Waals surface area contributed by atoms with E-state index >= 15 is 0 Å². The largest absolute Gasteiger partial charge is 0.294 e. The van der Waals surface area contributed by atoms with Gasteiger partial charge in [-0.25, -0.2) is 0 Å². The second-order valence-corrected chi connectivity index (χ2v) is 3.47. The highest BCUT2D eigenvalue weighted by atomic mass is 35.5. The van der Waals surface area contributed by atoms with E-state index in [0.29, 0.717) is 10.0 Å². The van der Waals surface area contributed by atoms with Crippen LogP contribution in [0.1, 0.15) is 17.3 Å². The van der Waals surface area contributed by atoms with Crippen LogP contribution in [0.4, 0.5) is 0 Å². The normalized spacial score (nSPS) is 10.0. The van der Waals surface area contributed by atoms with E-state index in [9.17, 15) is 4.79 Å². The number of ketones is 1.